The number of nitrogens with two attached hydrogens (primary N) is 1. The summed E-state index contributed by atoms with van der Waals surface area (Å²) in [5, 5.41) is 0.798. The van der Waals surface area contributed by atoms with E-state index in [0.29, 0.717) is 18.0 Å². The van der Waals surface area contributed by atoms with Crippen molar-refractivity contribution >= 4 is 11.6 Å². The van der Waals surface area contributed by atoms with Crippen molar-refractivity contribution in [3.05, 3.63) is 34.9 Å². The van der Waals surface area contributed by atoms with E-state index in [1.54, 1.807) is 0 Å². The molecule has 106 valence electrons. The van der Waals surface area contributed by atoms with E-state index < -0.39 is 0 Å². The van der Waals surface area contributed by atoms with Crippen molar-refractivity contribution in [2.24, 2.45) is 11.1 Å². The van der Waals surface area contributed by atoms with E-state index in [-0.39, 0.29) is 0 Å². The molecule has 0 amide bonds. The van der Waals surface area contributed by atoms with E-state index >= 15 is 0 Å². The van der Waals surface area contributed by atoms with Gasteiger partial charge in [0.2, 0.25) is 0 Å². The largest absolute Gasteiger partial charge is 0.329 e. The van der Waals surface area contributed by atoms with Gasteiger partial charge in [-0.1, -0.05) is 44.0 Å². The smallest absolute Gasteiger partial charge is 0.0470 e. The van der Waals surface area contributed by atoms with E-state index in [4.69, 9.17) is 17.3 Å². The molecule has 19 heavy (non-hydrogen) atoms. The predicted octanol–water partition coefficient (Wildman–Crippen LogP) is 3.85. The summed E-state index contributed by atoms with van der Waals surface area (Å²) in [6.45, 7) is 7.63. The maximum absolute atomic E-state index is 6.09. The maximum Gasteiger partial charge on any atom is 0.0470 e. The van der Waals surface area contributed by atoms with Gasteiger partial charge in [0.1, 0.15) is 0 Å². The van der Waals surface area contributed by atoms with Crippen LogP contribution in [0.5, 0.6) is 0 Å². The standard InChI is InChI=1S/C16H25ClN2/c1-3-16(2)7-9-19(10-8-16)15(12-18)13-5-4-6-14(17)11-13/h4-6,11,15H,3,7-10,12,18H2,1-2H3. The Morgan fingerprint density at radius 1 is 1.37 bits per heavy atom. The molecule has 1 aromatic carbocycles. The van der Waals surface area contributed by atoms with E-state index in [2.05, 4.69) is 24.8 Å². The number of piperidine rings is 1. The Bertz CT molecular complexity index is 411. The molecule has 0 bridgehead atoms. The Hall–Kier alpha value is -0.570. The molecule has 2 N–H and O–H groups in total. The minimum Gasteiger partial charge on any atom is -0.329 e. The van der Waals surface area contributed by atoms with Crippen molar-refractivity contribution in [1.82, 2.24) is 4.90 Å². The molecule has 1 unspecified atom stereocenters. The highest BCUT2D eigenvalue weighted by Crippen LogP contribution is 2.36. The molecule has 0 radical (unpaired) electrons. The first-order valence-corrected chi connectivity index (χ1v) is 7.65. The zero-order valence-electron chi connectivity index (χ0n) is 12.0. The van der Waals surface area contributed by atoms with Gasteiger partial charge in [0.15, 0.2) is 0 Å². The highest BCUT2D eigenvalue weighted by atomic mass is 35.5. The van der Waals surface area contributed by atoms with E-state index in [0.717, 1.165) is 18.1 Å². The third-order valence-corrected chi connectivity index (χ3v) is 4.99. The van der Waals surface area contributed by atoms with Gasteiger partial charge in [-0.3, -0.25) is 4.90 Å². The number of hydrogen-bond acceptors (Lipinski definition) is 2. The second-order valence-electron chi connectivity index (χ2n) is 6.01. The lowest BCUT2D eigenvalue weighted by Gasteiger charge is -2.42. The first-order valence-electron chi connectivity index (χ1n) is 7.27. The van der Waals surface area contributed by atoms with Crippen LogP contribution in [-0.2, 0) is 0 Å². The fourth-order valence-electron chi connectivity index (χ4n) is 2.94. The summed E-state index contributed by atoms with van der Waals surface area (Å²) in [5.41, 5.74) is 7.76. The summed E-state index contributed by atoms with van der Waals surface area (Å²) in [6, 6.07) is 8.42. The molecule has 1 saturated heterocycles. The van der Waals surface area contributed by atoms with Crippen LogP contribution in [0.3, 0.4) is 0 Å². The Labute approximate surface area is 121 Å². The lowest BCUT2D eigenvalue weighted by molar-refractivity contribution is 0.0829. The number of likely N-dealkylation sites (tertiary alicyclic amines) is 1. The fourth-order valence-corrected chi connectivity index (χ4v) is 3.14. The Morgan fingerprint density at radius 3 is 2.58 bits per heavy atom. The zero-order chi connectivity index (χ0) is 13.9. The van der Waals surface area contributed by atoms with Crippen molar-refractivity contribution in [2.75, 3.05) is 19.6 Å². The van der Waals surface area contributed by atoms with Crippen LogP contribution < -0.4 is 5.73 Å². The second kappa shape index (κ2) is 6.25. The summed E-state index contributed by atoms with van der Waals surface area (Å²) in [6.07, 6.45) is 3.80. The van der Waals surface area contributed by atoms with Gasteiger partial charge in [0.05, 0.1) is 0 Å². The number of hydrogen-bond donors (Lipinski definition) is 1. The molecule has 3 heteroatoms. The SMILES string of the molecule is CCC1(C)CCN(C(CN)c2cccc(Cl)c2)CC1. The minimum atomic E-state index is 0.306. The highest BCUT2D eigenvalue weighted by Gasteiger charge is 2.31. The van der Waals surface area contributed by atoms with Gasteiger partial charge < -0.3 is 5.73 Å². The molecule has 1 aliphatic rings. The lowest BCUT2D eigenvalue weighted by atomic mass is 9.78. The van der Waals surface area contributed by atoms with Crippen molar-refractivity contribution in [3.63, 3.8) is 0 Å². The van der Waals surface area contributed by atoms with Crippen LogP contribution in [0, 0.1) is 5.41 Å². The monoisotopic (exact) mass is 280 g/mol. The Morgan fingerprint density at radius 2 is 2.05 bits per heavy atom. The van der Waals surface area contributed by atoms with Crippen LogP contribution in [0.25, 0.3) is 0 Å². The van der Waals surface area contributed by atoms with Gasteiger partial charge in [-0.05, 0) is 49.0 Å². The number of halogens is 1. The average Bonchev–Trinajstić information content (AvgIpc) is 2.42. The van der Waals surface area contributed by atoms with Crippen LogP contribution in [0.1, 0.15) is 44.7 Å². The summed E-state index contributed by atoms with van der Waals surface area (Å²) in [4.78, 5) is 2.52. The van der Waals surface area contributed by atoms with E-state index in [1.165, 1.54) is 24.8 Å². The summed E-state index contributed by atoms with van der Waals surface area (Å²) >= 11 is 6.09. The van der Waals surface area contributed by atoms with Crippen molar-refractivity contribution < 1.29 is 0 Å². The average molecular weight is 281 g/mol. The summed E-state index contributed by atoms with van der Waals surface area (Å²) in [5.74, 6) is 0. The summed E-state index contributed by atoms with van der Waals surface area (Å²) in [7, 11) is 0. The third kappa shape index (κ3) is 3.50. The van der Waals surface area contributed by atoms with Crippen molar-refractivity contribution in [1.29, 1.82) is 0 Å². The normalized spacial score (nSPS) is 21.3. The number of benzene rings is 1. The quantitative estimate of drug-likeness (QED) is 0.908. The fraction of sp³-hybridized carbons (Fsp3) is 0.625. The van der Waals surface area contributed by atoms with E-state index in [9.17, 15) is 0 Å². The van der Waals surface area contributed by atoms with Crippen molar-refractivity contribution in [3.8, 4) is 0 Å². The zero-order valence-corrected chi connectivity index (χ0v) is 12.8. The van der Waals surface area contributed by atoms with Crippen LogP contribution in [0.2, 0.25) is 5.02 Å². The van der Waals surface area contributed by atoms with Gasteiger partial charge >= 0.3 is 0 Å². The first-order chi connectivity index (χ1) is 9.08. The molecule has 1 atom stereocenters. The molecule has 1 aromatic rings. The van der Waals surface area contributed by atoms with Gasteiger partial charge in [0, 0.05) is 17.6 Å². The summed E-state index contributed by atoms with van der Waals surface area (Å²) < 4.78 is 0. The number of nitrogens with zero attached hydrogens (tertiary/aromatic N) is 1. The van der Waals surface area contributed by atoms with Crippen molar-refractivity contribution in [2.45, 2.75) is 39.2 Å². The Kier molecular flexibility index (Phi) is 4.88. The molecule has 2 nitrogen and oxygen atoms in total. The molecule has 0 spiro atoms. The van der Waals surface area contributed by atoms with Gasteiger partial charge in [-0.15, -0.1) is 0 Å². The Balaban J connectivity index is 2.08. The van der Waals surface area contributed by atoms with Gasteiger partial charge in [-0.25, -0.2) is 0 Å². The first kappa shape index (κ1) is 14.8. The molecule has 0 aromatic heterocycles. The number of rotatable bonds is 4. The molecule has 0 saturated carbocycles. The molecule has 1 heterocycles. The molecule has 0 aliphatic carbocycles. The molecule has 1 aliphatic heterocycles. The third-order valence-electron chi connectivity index (χ3n) is 4.76. The minimum absolute atomic E-state index is 0.306. The van der Waals surface area contributed by atoms with E-state index in [1.807, 2.05) is 18.2 Å². The van der Waals surface area contributed by atoms with Gasteiger partial charge in [0.25, 0.3) is 0 Å². The molecule has 2 rings (SSSR count). The van der Waals surface area contributed by atoms with Crippen LogP contribution in [0.15, 0.2) is 24.3 Å². The van der Waals surface area contributed by atoms with Crippen LogP contribution in [0.4, 0.5) is 0 Å². The van der Waals surface area contributed by atoms with Gasteiger partial charge in [-0.2, -0.15) is 0 Å². The predicted molar refractivity (Wildman–Crippen MR) is 82.5 cm³/mol. The maximum atomic E-state index is 6.09. The van der Waals surface area contributed by atoms with Crippen LogP contribution in [-0.4, -0.2) is 24.5 Å². The highest BCUT2D eigenvalue weighted by molar-refractivity contribution is 6.30. The second-order valence-corrected chi connectivity index (χ2v) is 6.44. The topological polar surface area (TPSA) is 29.3 Å². The van der Waals surface area contributed by atoms with Crippen LogP contribution >= 0.6 is 11.6 Å². The molecule has 1 fully saturated rings. The lowest BCUT2D eigenvalue weighted by Crippen LogP contribution is -2.42. The molecular weight excluding hydrogens is 256 g/mol. The molecular formula is C16H25ClN2.